The molecule has 14 aromatic rings. The Balaban J connectivity index is 0.000000206. The Hall–Kier alpha value is -13.5. The Morgan fingerprint density at radius 1 is 0.361 bits per heavy atom. The zero-order valence-electron chi connectivity index (χ0n) is 66.1. The van der Waals surface area contributed by atoms with Gasteiger partial charge in [-0.2, -0.15) is 4.89 Å². The number of benzene rings is 14. The van der Waals surface area contributed by atoms with Crippen LogP contribution >= 0.6 is 36.6 Å². The lowest BCUT2D eigenvalue weighted by molar-refractivity contribution is -0.217. The predicted molar refractivity (Wildman–Crippen MR) is 469 cm³/mol. The van der Waals surface area contributed by atoms with Gasteiger partial charge in [0.15, 0.2) is 12.9 Å². The molecule has 21 nitrogen and oxygen atoms in total. The summed E-state index contributed by atoms with van der Waals surface area (Å²) in [5.41, 5.74) is 7.36. The first-order valence-corrected chi connectivity index (χ1v) is 47.8. The highest BCUT2D eigenvalue weighted by atomic mass is 31.2. The minimum atomic E-state index is -4.06. The number of aryl methyl sites for hydroxylation is 1. The fourth-order valence-corrected chi connectivity index (χ4v) is 23.4. The molecule has 14 aromatic carbocycles. The minimum Gasteiger partial charge on any atom is -0.465 e. The third-order valence-electron chi connectivity index (χ3n) is 19.9. The average molecular weight is 1720 g/mol. The Bertz CT molecular complexity index is 6570. The molecule has 5 atom stereocenters. The van der Waals surface area contributed by atoms with E-state index >= 15 is 9.13 Å². The standard InChI is InChI=1S/C60H43O10P3.C36H32O11P2/c1-39-24-34-52(56(36-39)72(65)38-43-16-6-7-17-47(43)49-19-9-12-22-54(49)72)68-60(63)42-27-32-46(33-28-42)71(2,64)45-30-25-41(26-31-45)58(61)67-44-29-35-53(69-59(62)40-14-4-3-5-15-40)57(37-44)73(66)55-23-13-10-20-50(55)48-18-8-11-21-51(48)70-73;1-41-35(37)28-11-13-31(14-12-28)45-48(2,39)34-23-9-26(10-24-34)25-42-44-30-17-21-33(22-18-30)47-49(3,40)46-32-19-15-29(16-20-32)43-36(38)27-7-5-4-6-8-27/h3-37H,38H2,1-2H3;4-24H,25H2,1-3H3. The van der Waals surface area contributed by atoms with E-state index in [1.165, 1.54) is 87.2 Å². The monoisotopic (exact) mass is 1720 g/mol. The Morgan fingerprint density at radius 2 is 0.779 bits per heavy atom. The first-order valence-electron chi connectivity index (χ1n) is 38.1. The first kappa shape index (κ1) is 83.6. The maximum atomic E-state index is 15.4. The summed E-state index contributed by atoms with van der Waals surface area (Å²) in [6, 6.07) is 94.5. The van der Waals surface area contributed by atoms with Crippen LogP contribution in [0.1, 0.15) is 68.5 Å². The zero-order chi connectivity index (χ0) is 85.3. The van der Waals surface area contributed by atoms with E-state index in [-0.39, 0.29) is 63.5 Å². The molecule has 0 fully saturated rings. The third kappa shape index (κ3) is 18.8. The fourth-order valence-electron chi connectivity index (χ4n) is 13.7. The number of fused-ring (bicyclic) bond motifs is 6. The number of ether oxygens (including phenoxy) is 5. The van der Waals surface area contributed by atoms with Crippen LogP contribution in [0.25, 0.3) is 22.3 Å². The lowest BCUT2D eigenvalue weighted by Crippen LogP contribution is -2.27. The minimum absolute atomic E-state index is 0.0106. The number of rotatable bonds is 24. The van der Waals surface area contributed by atoms with Crippen molar-refractivity contribution in [2.24, 2.45) is 0 Å². The Kier molecular flexibility index (Phi) is 24.6. The van der Waals surface area contributed by atoms with E-state index in [0.717, 1.165) is 38.7 Å². The second kappa shape index (κ2) is 35.8. The molecule has 16 rings (SSSR count). The number of carbonyl (C=O) groups is 5. The van der Waals surface area contributed by atoms with Crippen molar-refractivity contribution in [1.82, 2.24) is 0 Å². The molecule has 0 N–H and O–H groups in total. The number of hydrogen-bond donors (Lipinski definition) is 0. The van der Waals surface area contributed by atoms with Crippen molar-refractivity contribution in [1.29, 1.82) is 0 Å². The summed E-state index contributed by atoms with van der Waals surface area (Å²) in [4.78, 5) is 75.5. The van der Waals surface area contributed by atoms with E-state index in [1.54, 1.807) is 195 Å². The van der Waals surface area contributed by atoms with Crippen LogP contribution in [0, 0.1) is 6.92 Å². The van der Waals surface area contributed by atoms with Crippen molar-refractivity contribution in [3.8, 4) is 74.0 Å². The van der Waals surface area contributed by atoms with Gasteiger partial charge in [0.25, 0.3) is 7.37 Å². The summed E-state index contributed by atoms with van der Waals surface area (Å²) in [7, 11) is -16.1. The van der Waals surface area contributed by atoms with Crippen molar-refractivity contribution in [3.05, 3.63) is 384 Å². The van der Waals surface area contributed by atoms with Crippen molar-refractivity contribution < 1.29 is 98.4 Å². The van der Waals surface area contributed by atoms with Crippen LogP contribution in [-0.4, -0.2) is 57.0 Å². The highest BCUT2D eigenvalue weighted by molar-refractivity contribution is 7.79. The lowest BCUT2D eigenvalue weighted by Gasteiger charge is -2.29. The molecule has 2 heterocycles. The molecule has 0 aromatic heterocycles. The smallest absolute Gasteiger partial charge is 0.427 e. The molecule has 0 saturated heterocycles. The number of methoxy groups -OCH3 is 1. The third-order valence-corrected chi connectivity index (χ3v) is 30.9. The van der Waals surface area contributed by atoms with Gasteiger partial charge in [0, 0.05) is 39.6 Å². The van der Waals surface area contributed by atoms with Crippen molar-refractivity contribution in [2.45, 2.75) is 19.7 Å². The van der Waals surface area contributed by atoms with E-state index in [4.69, 9.17) is 46.8 Å². The first-order chi connectivity index (χ1) is 58.8. The molecule has 2 aliphatic rings. The highest BCUT2D eigenvalue weighted by Gasteiger charge is 2.42. The van der Waals surface area contributed by atoms with Gasteiger partial charge in [0.2, 0.25) is 0 Å². The number of para-hydroxylation sites is 1. The van der Waals surface area contributed by atoms with Gasteiger partial charge in [0.1, 0.15) is 59.7 Å². The van der Waals surface area contributed by atoms with E-state index < -0.39 is 66.5 Å². The van der Waals surface area contributed by atoms with E-state index in [9.17, 15) is 37.7 Å². The van der Waals surface area contributed by atoms with Crippen LogP contribution in [0.2, 0.25) is 0 Å². The lowest BCUT2D eigenvalue weighted by atomic mass is 10.0. The van der Waals surface area contributed by atoms with Gasteiger partial charge in [-0.15, -0.1) is 0 Å². The van der Waals surface area contributed by atoms with Gasteiger partial charge in [-0.1, -0.05) is 169 Å². The largest absolute Gasteiger partial charge is 0.465 e. The van der Waals surface area contributed by atoms with Gasteiger partial charge >= 0.3 is 44.8 Å². The summed E-state index contributed by atoms with van der Waals surface area (Å²) >= 11 is 0. The molecule has 0 spiro atoms. The zero-order valence-corrected chi connectivity index (χ0v) is 70.5. The van der Waals surface area contributed by atoms with E-state index in [0.29, 0.717) is 66.2 Å². The number of esters is 5. The van der Waals surface area contributed by atoms with Gasteiger partial charge in [-0.25, -0.2) is 28.5 Å². The molecule has 0 bridgehead atoms. The molecule has 26 heteroatoms. The van der Waals surface area contributed by atoms with Crippen LogP contribution in [0.4, 0.5) is 0 Å². The van der Waals surface area contributed by atoms with Crippen LogP contribution in [-0.2, 0) is 45.2 Å². The van der Waals surface area contributed by atoms with Gasteiger partial charge in [-0.3, -0.25) is 9.13 Å². The van der Waals surface area contributed by atoms with E-state index in [1.807, 2.05) is 91.9 Å². The SMILES string of the molecule is COC(=O)c1ccc(OP(C)(=O)c2ccc(COOc3ccc(OP(C)(=O)Oc4ccc(OC(=O)c5ccccc5)cc4)cc3)cc2)cc1.Cc1ccc(OC(=O)c2ccc(P(C)(=O)c3ccc(C(=O)Oc4ccc(OC(=O)c5ccccc5)c(P5(=O)Oc6ccccc6-c6ccccc65)c4)cc3)cc2)c(P2(=O)Cc3ccccc3-c3ccccc32)c1. The average Bonchev–Trinajstić information content (AvgIpc) is 0.733. The molecular formula is C96H75O21P5. The van der Waals surface area contributed by atoms with Gasteiger partial charge in [-0.05, 0) is 217 Å². The second-order valence-electron chi connectivity index (χ2n) is 28.5. The molecule has 0 amide bonds. The molecule has 610 valence electrons. The fraction of sp³-hybridized carbons (Fsp3) is 0.0729. The summed E-state index contributed by atoms with van der Waals surface area (Å²) in [6.07, 6.45) is 0.285. The van der Waals surface area contributed by atoms with Crippen molar-refractivity contribution in [3.63, 3.8) is 0 Å². The van der Waals surface area contributed by atoms with Crippen LogP contribution in [0.3, 0.4) is 0 Å². The summed E-state index contributed by atoms with van der Waals surface area (Å²) in [5, 5.41) is 2.99. The molecule has 2 aliphatic heterocycles. The Labute approximate surface area is 702 Å². The van der Waals surface area contributed by atoms with Crippen LogP contribution in [0.5, 0.6) is 51.7 Å². The molecule has 0 radical (unpaired) electrons. The van der Waals surface area contributed by atoms with Gasteiger partial charge < -0.3 is 55.8 Å². The van der Waals surface area contributed by atoms with Crippen LogP contribution < -0.4 is 79.1 Å². The highest BCUT2D eigenvalue weighted by Crippen LogP contribution is 2.58. The topological polar surface area (TPSA) is 272 Å². The quantitative estimate of drug-likeness (QED) is 0.0179. The number of hydrogen-bond acceptors (Lipinski definition) is 21. The van der Waals surface area contributed by atoms with Crippen molar-refractivity contribution >= 4 is 104 Å². The van der Waals surface area contributed by atoms with Gasteiger partial charge in [0.05, 0.1) is 57.5 Å². The molecule has 0 saturated carbocycles. The molecule has 0 aliphatic carbocycles. The molecular weight excluding hydrogens is 1640 g/mol. The maximum Gasteiger partial charge on any atom is 0.427 e. The van der Waals surface area contributed by atoms with Crippen molar-refractivity contribution in [2.75, 3.05) is 27.1 Å². The van der Waals surface area contributed by atoms with Crippen LogP contribution in [0.15, 0.2) is 340 Å². The summed E-state index contributed by atoms with van der Waals surface area (Å²) in [5.74, 6) is -0.906. The maximum absolute atomic E-state index is 15.4. The molecule has 5 unspecified atom stereocenters. The molecule has 122 heavy (non-hydrogen) atoms. The second-order valence-corrected chi connectivity index (χ2v) is 40.7. The predicted octanol–water partition coefficient (Wildman–Crippen LogP) is 19.5. The van der Waals surface area contributed by atoms with E-state index in [2.05, 4.69) is 4.74 Å². The summed E-state index contributed by atoms with van der Waals surface area (Å²) in [6.45, 7) is 6.46. The Morgan fingerprint density at radius 3 is 1.36 bits per heavy atom. The summed E-state index contributed by atoms with van der Waals surface area (Å²) < 4.78 is 122. The number of carbonyl (C=O) groups excluding carboxylic acids is 5. The normalized spacial score (nSPS) is 15.5.